The number of ether oxygens (including phenoxy) is 1. The molecular formula is C18H22N4O4S. The molecule has 0 radical (unpaired) electrons. The second-order valence-corrected chi connectivity index (χ2v) is 7.86. The first-order valence-electron chi connectivity index (χ1n) is 9.16. The fourth-order valence-corrected chi connectivity index (χ4v) is 4.47. The molecule has 1 aromatic rings. The molecule has 9 heteroatoms. The number of aromatic nitrogens is 1. The molecule has 8 nitrogen and oxygen atoms in total. The van der Waals surface area contributed by atoms with Gasteiger partial charge in [-0.2, -0.15) is 0 Å². The van der Waals surface area contributed by atoms with Crippen molar-refractivity contribution in [2.45, 2.75) is 19.4 Å². The summed E-state index contributed by atoms with van der Waals surface area (Å²) in [5.41, 5.74) is 0.891. The van der Waals surface area contributed by atoms with Gasteiger partial charge in [-0.3, -0.25) is 24.2 Å². The molecule has 27 heavy (non-hydrogen) atoms. The van der Waals surface area contributed by atoms with Gasteiger partial charge in [0, 0.05) is 25.0 Å². The molecule has 3 amide bonds. The van der Waals surface area contributed by atoms with Crippen molar-refractivity contribution in [2.24, 2.45) is 11.8 Å². The van der Waals surface area contributed by atoms with Crippen LogP contribution in [-0.2, 0) is 25.7 Å². The topological polar surface area (TPSA) is 91.8 Å². The van der Waals surface area contributed by atoms with E-state index < -0.39 is 5.91 Å². The molecule has 0 aromatic carbocycles. The maximum atomic E-state index is 12.4. The van der Waals surface area contributed by atoms with Crippen molar-refractivity contribution in [3.05, 3.63) is 23.2 Å². The number of imide groups is 1. The number of amides is 3. The van der Waals surface area contributed by atoms with E-state index in [9.17, 15) is 14.4 Å². The molecule has 144 valence electrons. The smallest absolute Gasteiger partial charge is 0.246 e. The number of rotatable bonds is 5. The van der Waals surface area contributed by atoms with Gasteiger partial charge in [-0.25, -0.2) is 4.98 Å². The molecule has 1 aliphatic carbocycles. The normalized spacial score (nSPS) is 25.7. The van der Waals surface area contributed by atoms with E-state index in [0.29, 0.717) is 18.0 Å². The van der Waals surface area contributed by atoms with Crippen LogP contribution in [0.2, 0.25) is 0 Å². The molecule has 2 atom stereocenters. The van der Waals surface area contributed by atoms with Crippen LogP contribution in [0.3, 0.4) is 0 Å². The third kappa shape index (κ3) is 3.95. The van der Waals surface area contributed by atoms with Crippen LogP contribution in [0.5, 0.6) is 0 Å². The molecule has 2 aliphatic heterocycles. The number of nitrogens with one attached hydrogen (secondary N) is 1. The SMILES string of the molecule is O=C(CN1C(=O)C2CC=CCC2C1=O)Nc1nc(CN2CCOCC2)cs1. The van der Waals surface area contributed by atoms with Crippen LogP contribution in [0, 0.1) is 11.8 Å². The Labute approximate surface area is 161 Å². The average molecular weight is 390 g/mol. The quantitative estimate of drug-likeness (QED) is 0.592. The second-order valence-electron chi connectivity index (χ2n) is 7.00. The standard InChI is InChI=1S/C18H22N4O4S/c23-15(10-22-16(24)13-3-1-2-4-14(13)17(22)25)20-18-19-12(11-27-18)9-21-5-7-26-8-6-21/h1-2,11,13-14H,3-10H2,(H,19,20,23). The van der Waals surface area contributed by atoms with Crippen molar-refractivity contribution in [1.82, 2.24) is 14.8 Å². The van der Waals surface area contributed by atoms with Crippen LogP contribution in [0.25, 0.3) is 0 Å². The predicted octanol–water partition coefficient (Wildman–Crippen LogP) is 0.865. The fourth-order valence-electron chi connectivity index (χ4n) is 3.75. The maximum Gasteiger partial charge on any atom is 0.246 e. The largest absolute Gasteiger partial charge is 0.379 e. The van der Waals surface area contributed by atoms with E-state index in [1.54, 1.807) is 0 Å². The Morgan fingerprint density at radius 1 is 1.19 bits per heavy atom. The van der Waals surface area contributed by atoms with E-state index in [1.165, 1.54) is 11.3 Å². The molecule has 1 aromatic heterocycles. The van der Waals surface area contributed by atoms with Crippen molar-refractivity contribution in [2.75, 3.05) is 38.2 Å². The molecule has 3 heterocycles. The van der Waals surface area contributed by atoms with Gasteiger partial charge in [0.05, 0.1) is 30.7 Å². The van der Waals surface area contributed by atoms with Gasteiger partial charge in [-0.15, -0.1) is 11.3 Å². The number of hydrogen-bond donors (Lipinski definition) is 1. The molecule has 4 rings (SSSR count). The van der Waals surface area contributed by atoms with Gasteiger partial charge in [0.1, 0.15) is 6.54 Å². The first-order valence-corrected chi connectivity index (χ1v) is 10.0. The molecule has 2 unspecified atom stereocenters. The van der Waals surface area contributed by atoms with Crippen molar-refractivity contribution >= 4 is 34.2 Å². The minimum absolute atomic E-state index is 0.239. The summed E-state index contributed by atoms with van der Waals surface area (Å²) < 4.78 is 5.33. The zero-order chi connectivity index (χ0) is 18.8. The highest BCUT2D eigenvalue weighted by atomic mass is 32.1. The summed E-state index contributed by atoms with van der Waals surface area (Å²) in [5, 5.41) is 5.11. The number of allylic oxidation sites excluding steroid dienone is 2. The van der Waals surface area contributed by atoms with Gasteiger partial charge in [-0.05, 0) is 12.8 Å². The van der Waals surface area contributed by atoms with Gasteiger partial charge in [0.2, 0.25) is 17.7 Å². The lowest BCUT2D eigenvalue weighted by Gasteiger charge is -2.25. The predicted molar refractivity (Wildman–Crippen MR) is 98.9 cm³/mol. The Kier molecular flexibility index (Phi) is 5.33. The first-order chi connectivity index (χ1) is 13.1. The Balaban J connectivity index is 1.32. The number of hydrogen-bond acceptors (Lipinski definition) is 7. The molecule has 1 N–H and O–H groups in total. The summed E-state index contributed by atoms with van der Waals surface area (Å²) in [6.07, 6.45) is 5.01. The van der Waals surface area contributed by atoms with Gasteiger partial charge in [0.25, 0.3) is 0 Å². The molecule has 0 saturated carbocycles. The minimum Gasteiger partial charge on any atom is -0.379 e. The van der Waals surface area contributed by atoms with Gasteiger partial charge in [-0.1, -0.05) is 12.2 Å². The zero-order valence-corrected chi connectivity index (χ0v) is 15.7. The van der Waals surface area contributed by atoms with Crippen LogP contribution in [0.4, 0.5) is 5.13 Å². The summed E-state index contributed by atoms with van der Waals surface area (Å²) >= 11 is 1.35. The number of anilines is 1. The van der Waals surface area contributed by atoms with Crippen LogP contribution in [-0.4, -0.2) is 65.4 Å². The number of nitrogens with zero attached hydrogens (tertiary/aromatic N) is 3. The number of likely N-dealkylation sites (tertiary alicyclic amines) is 1. The van der Waals surface area contributed by atoms with E-state index in [0.717, 1.165) is 43.4 Å². The monoisotopic (exact) mass is 390 g/mol. The lowest BCUT2D eigenvalue weighted by molar-refractivity contribution is -0.142. The average Bonchev–Trinajstić information content (AvgIpc) is 3.21. The van der Waals surface area contributed by atoms with E-state index in [-0.39, 0.29) is 30.2 Å². The summed E-state index contributed by atoms with van der Waals surface area (Å²) in [5.74, 6) is -1.49. The third-order valence-corrected chi connectivity index (χ3v) is 5.99. The molecule has 0 bridgehead atoms. The van der Waals surface area contributed by atoms with Crippen LogP contribution >= 0.6 is 11.3 Å². The number of morpholine rings is 1. The Morgan fingerprint density at radius 3 is 2.52 bits per heavy atom. The van der Waals surface area contributed by atoms with Crippen LogP contribution < -0.4 is 5.32 Å². The zero-order valence-electron chi connectivity index (χ0n) is 14.9. The highest BCUT2D eigenvalue weighted by Crippen LogP contribution is 2.34. The minimum atomic E-state index is -0.393. The Bertz CT molecular complexity index is 745. The second kappa shape index (κ2) is 7.87. The highest BCUT2D eigenvalue weighted by molar-refractivity contribution is 7.13. The summed E-state index contributed by atoms with van der Waals surface area (Å²) in [6.45, 7) is 3.66. The van der Waals surface area contributed by atoms with E-state index in [1.807, 2.05) is 17.5 Å². The summed E-state index contributed by atoms with van der Waals surface area (Å²) in [6, 6.07) is 0. The van der Waals surface area contributed by atoms with Crippen molar-refractivity contribution < 1.29 is 19.1 Å². The molecule has 0 spiro atoms. The van der Waals surface area contributed by atoms with E-state index >= 15 is 0 Å². The van der Waals surface area contributed by atoms with Crippen molar-refractivity contribution in [3.63, 3.8) is 0 Å². The fraction of sp³-hybridized carbons (Fsp3) is 0.556. The van der Waals surface area contributed by atoms with E-state index in [2.05, 4.69) is 15.2 Å². The Hall–Kier alpha value is -2.10. The van der Waals surface area contributed by atoms with Gasteiger partial charge in [0.15, 0.2) is 5.13 Å². The van der Waals surface area contributed by atoms with Crippen molar-refractivity contribution in [1.29, 1.82) is 0 Å². The maximum absolute atomic E-state index is 12.4. The Morgan fingerprint density at radius 2 is 1.85 bits per heavy atom. The van der Waals surface area contributed by atoms with Gasteiger partial charge < -0.3 is 10.1 Å². The lowest BCUT2D eigenvalue weighted by atomic mass is 9.85. The molecule has 3 aliphatic rings. The van der Waals surface area contributed by atoms with E-state index in [4.69, 9.17) is 4.74 Å². The third-order valence-electron chi connectivity index (χ3n) is 5.19. The molecule has 2 fully saturated rings. The number of fused-ring (bicyclic) bond motifs is 1. The summed E-state index contributed by atoms with van der Waals surface area (Å²) in [4.78, 5) is 45.0. The number of carbonyl (C=O) groups is 3. The number of carbonyl (C=O) groups excluding carboxylic acids is 3. The van der Waals surface area contributed by atoms with Crippen molar-refractivity contribution in [3.8, 4) is 0 Å². The lowest BCUT2D eigenvalue weighted by Crippen LogP contribution is -2.38. The van der Waals surface area contributed by atoms with Crippen LogP contribution in [0.15, 0.2) is 17.5 Å². The van der Waals surface area contributed by atoms with Gasteiger partial charge >= 0.3 is 0 Å². The molecule has 2 saturated heterocycles. The van der Waals surface area contributed by atoms with Crippen LogP contribution in [0.1, 0.15) is 18.5 Å². The number of thiazole rings is 1. The summed E-state index contributed by atoms with van der Waals surface area (Å²) in [7, 11) is 0. The highest BCUT2D eigenvalue weighted by Gasteiger charge is 2.47. The first kappa shape index (κ1) is 18.3. The molecular weight excluding hydrogens is 368 g/mol.